The van der Waals surface area contributed by atoms with Crippen molar-refractivity contribution in [3.8, 4) is 11.5 Å². The van der Waals surface area contributed by atoms with Gasteiger partial charge >= 0.3 is 0 Å². The molecule has 1 N–H and O–H groups in total. The standard InChI is InChI=1S/C30H26ClNO6/c1-4-36-23-7-5-6-21(16-23)32-27(18-8-11-22(12-9-18)37-17(2)3)26(29(34)30(32)35)28(33)25-15-19-14-20(31)10-13-24(19)38-25/h5-17,27,34H,4H2,1-3H3. The fourth-order valence-corrected chi connectivity index (χ4v) is 4.75. The largest absolute Gasteiger partial charge is 0.503 e. The van der Waals surface area contributed by atoms with Crippen LogP contribution in [0.3, 0.4) is 0 Å². The molecule has 2 heterocycles. The van der Waals surface area contributed by atoms with Crippen LogP contribution in [0.25, 0.3) is 11.0 Å². The van der Waals surface area contributed by atoms with E-state index in [-0.39, 0.29) is 17.4 Å². The second-order valence-corrected chi connectivity index (χ2v) is 9.56. The number of hydrogen-bond donors (Lipinski definition) is 1. The van der Waals surface area contributed by atoms with Gasteiger partial charge in [0.1, 0.15) is 17.1 Å². The van der Waals surface area contributed by atoms with Gasteiger partial charge in [0.05, 0.1) is 24.3 Å². The van der Waals surface area contributed by atoms with E-state index in [9.17, 15) is 14.7 Å². The van der Waals surface area contributed by atoms with E-state index in [0.29, 0.717) is 45.3 Å². The lowest BCUT2D eigenvalue weighted by Crippen LogP contribution is -2.31. The Hall–Kier alpha value is -4.23. The van der Waals surface area contributed by atoms with Crippen LogP contribution in [0.4, 0.5) is 5.69 Å². The molecular weight excluding hydrogens is 506 g/mol. The Balaban J connectivity index is 1.62. The Morgan fingerprint density at radius 3 is 2.53 bits per heavy atom. The van der Waals surface area contributed by atoms with E-state index >= 15 is 0 Å². The third-order valence-electron chi connectivity index (χ3n) is 6.13. The zero-order valence-electron chi connectivity index (χ0n) is 21.1. The normalized spacial score (nSPS) is 15.6. The van der Waals surface area contributed by atoms with E-state index in [1.807, 2.05) is 20.8 Å². The van der Waals surface area contributed by atoms with Crippen molar-refractivity contribution >= 4 is 39.9 Å². The van der Waals surface area contributed by atoms with Crippen LogP contribution in [0.1, 0.15) is 42.9 Å². The summed E-state index contributed by atoms with van der Waals surface area (Å²) in [4.78, 5) is 28.7. The first-order chi connectivity index (χ1) is 18.3. The smallest absolute Gasteiger partial charge is 0.294 e. The maximum atomic E-state index is 13.8. The molecule has 0 aliphatic carbocycles. The number of nitrogens with zero attached hydrogens (tertiary/aromatic N) is 1. The van der Waals surface area contributed by atoms with Gasteiger partial charge in [-0.15, -0.1) is 0 Å². The van der Waals surface area contributed by atoms with E-state index in [2.05, 4.69) is 0 Å². The molecule has 1 aliphatic heterocycles. The fourth-order valence-electron chi connectivity index (χ4n) is 4.57. The van der Waals surface area contributed by atoms with Crippen LogP contribution in [0.2, 0.25) is 5.02 Å². The molecule has 38 heavy (non-hydrogen) atoms. The number of amides is 1. The zero-order chi connectivity index (χ0) is 27.0. The number of fused-ring (bicyclic) bond motifs is 1. The Kier molecular flexibility index (Phi) is 6.87. The van der Waals surface area contributed by atoms with Crippen molar-refractivity contribution < 1.29 is 28.6 Å². The van der Waals surface area contributed by atoms with Crippen molar-refractivity contribution in [2.75, 3.05) is 11.5 Å². The average Bonchev–Trinajstić information content (AvgIpc) is 3.42. The third-order valence-corrected chi connectivity index (χ3v) is 6.36. The molecule has 1 aromatic heterocycles. The van der Waals surface area contributed by atoms with E-state index in [0.717, 1.165) is 0 Å². The van der Waals surface area contributed by atoms with Gasteiger partial charge < -0.3 is 19.0 Å². The number of halogens is 1. The minimum Gasteiger partial charge on any atom is -0.503 e. The van der Waals surface area contributed by atoms with Crippen LogP contribution in [0.5, 0.6) is 11.5 Å². The first-order valence-electron chi connectivity index (χ1n) is 12.3. The molecule has 8 heteroatoms. The molecule has 7 nitrogen and oxygen atoms in total. The number of carbonyl (C=O) groups excluding carboxylic acids is 2. The van der Waals surface area contributed by atoms with Gasteiger partial charge in [0.25, 0.3) is 5.91 Å². The number of anilines is 1. The molecule has 0 spiro atoms. The van der Waals surface area contributed by atoms with Gasteiger partial charge in [-0.05, 0) is 74.9 Å². The molecule has 5 rings (SSSR count). The minimum atomic E-state index is -0.920. The first kappa shape index (κ1) is 25.4. The van der Waals surface area contributed by atoms with E-state index in [1.165, 1.54) is 4.90 Å². The van der Waals surface area contributed by atoms with Gasteiger partial charge in [-0.1, -0.05) is 29.8 Å². The zero-order valence-corrected chi connectivity index (χ0v) is 21.9. The summed E-state index contributed by atoms with van der Waals surface area (Å²) < 4.78 is 17.2. The summed E-state index contributed by atoms with van der Waals surface area (Å²) in [6.45, 7) is 6.16. The molecule has 4 aromatic rings. The number of ether oxygens (including phenoxy) is 2. The van der Waals surface area contributed by atoms with Crippen LogP contribution in [0, 0.1) is 0 Å². The SMILES string of the molecule is CCOc1cccc(N2C(=O)C(O)=C(C(=O)c3cc4cc(Cl)ccc4o3)C2c2ccc(OC(C)C)cc2)c1. The summed E-state index contributed by atoms with van der Waals surface area (Å²) >= 11 is 6.10. The number of rotatable bonds is 8. The molecule has 0 saturated heterocycles. The fraction of sp³-hybridized carbons (Fsp3) is 0.200. The van der Waals surface area contributed by atoms with E-state index in [4.69, 9.17) is 25.5 Å². The minimum absolute atomic E-state index is 0.00806. The molecule has 0 bridgehead atoms. The van der Waals surface area contributed by atoms with Crippen molar-refractivity contribution in [1.29, 1.82) is 0 Å². The van der Waals surface area contributed by atoms with Crippen molar-refractivity contribution in [3.63, 3.8) is 0 Å². The number of furan rings is 1. The van der Waals surface area contributed by atoms with Crippen LogP contribution < -0.4 is 14.4 Å². The highest BCUT2D eigenvalue weighted by Crippen LogP contribution is 2.43. The maximum absolute atomic E-state index is 13.8. The Morgan fingerprint density at radius 2 is 1.82 bits per heavy atom. The highest BCUT2D eigenvalue weighted by Gasteiger charge is 2.45. The van der Waals surface area contributed by atoms with Crippen molar-refractivity contribution in [2.45, 2.75) is 32.9 Å². The number of carbonyl (C=O) groups is 2. The molecule has 3 aromatic carbocycles. The highest BCUT2D eigenvalue weighted by molar-refractivity contribution is 6.31. The highest BCUT2D eigenvalue weighted by atomic mass is 35.5. The molecule has 1 atom stereocenters. The summed E-state index contributed by atoms with van der Waals surface area (Å²) in [5.74, 6) is -0.735. The van der Waals surface area contributed by atoms with Crippen molar-refractivity contribution in [1.82, 2.24) is 0 Å². The maximum Gasteiger partial charge on any atom is 0.294 e. The van der Waals surface area contributed by atoms with Crippen molar-refractivity contribution in [2.24, 2.45) is 0 Å². The Morgan fingerprint density at radius 1 is 1.05 bits per heavy atom. The van der Waals surface area contributed by atoms with Gasteiger partial charge in [-0.2, -0.15) is 0 Å². The molecule has 1 unspecified atom stereocenters. The van der Waals surface area contributed by atoms with Gasteiger partial charge in [-0.3, -0.25) is 14.5 Å². The predicted molar refractivity (Wildman–Crippen MR) is 145 cm³/mol. The molecule has 1 amide bonds. The van der Waals surface area contributed by atoms with Gasteiger partial charge in [0.2, 0.25) is 5.78 Å². The number of benzene rings is 3. The molecule has 1 aliphatic rings. The predicted octanol–water partition coefficient (Wildman–Crippen LogP) is 7.06. The Bertz CT molecular complexity index is 1550. The summed E-state index contributed by atoms with van der Waals surface area (Å²) in [5.41, 5.74) is 1.47. The summed E-state index contributed by atoms with van der Waals surface area (Å²) in [7, 11) is 0. The quantitative estimate of drug-likeness (QED) is 0.245. The van der Waals surface area contributed by atoms with Crippen LogP contribution >= 0.6 is 11.6 Å². The second kappa shape index (κ2) is 10.3. The Labute approximate surface area is 224 Å². The third kappa shape index (κ3) is 4.73. The van der Waals surface area contributed by atoms with E-state index in [1.54, 1.807) is 72.8 Å². The molecule has 194 valence electrons. The van der Waals surface area contributed by atoms with Gasteiger partial charge in [0.15, 0.2) is 11.5 Å². The number of Topliss-reactive ketones (excluding diaryl/α,β-unsaturated/α-hetero) is 1. The van der Waals surface area contributed by atoms with Crippen LogP contribution in [0.15, 0.2) is 88.5 Å². The molecule has 0 radical (unpaired) electrons. The number of hydrogen-bond acceptors (Lipinski definition) is 6. The van der Waals surface area contributed by atoms with Gasteiger partial charge in [-0.25, -0.2) is 0 Å². The molecular formula is C30H26ClNO6. The van der Waals surface area contributed by atoms with Crippen LogP contribution in [-0.4, -0.2) is 29.5 Å². The molecule has 0 fully saturated rings. The molecule has 0 saturated carbocycles. The van der Waals surface area contributed by atoms with Crippen LogP contribution in [-0.2, 0) is 4.79 Å². The van der Waals surface area contributed by atoms with Gasteiger partial charge in [0, 0.05) is 22.2 Å². The monoisotopic (exact) mass is 531 g/mol. The lowest BCUT2D eigenvalue weighted by Gasteiger charge is -2.27. The topological polar surface area (TPSA) is 89.2 Å². The number of ketones is 1. The van der Waals surface area contributed by atoms with E-state index < -0.39 is 23.5 Å². The second-order valence-electron chi connectivity index (χ2n) is 9.13. The average molecular weight is 532 g/mol. The number of aliphatic hydroxyl groups is 1. The number of aliphatic hydroxyl groups excluding tert-OH is 1. The summed E-state index contributed by atoms with van der Waals surface area (Å²) in [6.07, 6.45) is -0.0191. The summed E-state index contributed by atoms with van der Waals surface area (Å²) in [5, 5.41) is 12.2. The summed E-state index contributed by atoms with van der Waals surface area (Å²) in [6, 6.07) is 19.7. The lowest BCUT2D eigenvalue weighted by atomic mass is 9.94. The lowest BCUT2D eigenvalue weighted by molar-refractivity contribution is -0.117. The van der Waals surface area contributed by atoms with Crippen molar-refractivity contribution in [3.05, 3.63) is 100 Å². The first-order valence-corrected chi connectivity index (χ1v) is 12.6.